The number of aromatic nitrogens is 4. The van der Waals surface area contributed by atoms with Crippen LogP contribution < -0.4 is 15.0 Å². The maximum absolute atomic E-state index is 16.7. The Morgan fingerprint density at radius 3 is 2.63 bits per heavy atom. The van der Waals surface area contributed by atoms with E-state index in [0.717, 1.165) is 56.0 Å². The van der Waals surface area contributed by atoms with Crippen molar-refractivity contribution in [3.63, 3.8) is 0 Å². The Morgan fingerprint density at radius 1 is 1.07 bits per heavy atom. The number of nitrogens with one attached hydrogen (secondary N) is 2. The lowest BCUT2D eigenvalue weighted by Crippen LogP contribution is -2.50. The number of nitrogens with zero attached hydrogens (tertiary/aromatic N) is 5. The van der Waals surface area contributed by atoms with Crippen LogP contribution in [-0.4, -0.2) is 76.0 Å². The molecule has 0 aliphatic carbocycles. The molecule has 8 nitrogen and oxygen atoms in total. The van der Waals surface area contributed by atoms with Gasteiger partial charge in [0.1, 0.15) is 23.8 Å². The van der Waals surface area contributed by atoms with Gasteiger partial charge in [-0.2, -0.15) is 23.8 Å². The molecule has 2 aromatic carbocycles. The number of ether oxygens (including phenoxy) is 1. The van der Waals surface area contributed by atoms with Crippen LogP contribution in [0.5, 0.6) is 6.01 Å². The number of aryl methyl sites for hydroxylation is 1. The first-order valence-electron chi connectivity index (χ1n) is 14.8. The fourth-order valence-electron chi connectivity index (χ4n) is 7.24. The normalized spacial score (nSPS) is 20.2. The molecule has 0 spiro atoms. The standard InChI is InChI=1S/C31H33F4N7O/c1-17-11-23-21(14-37-40-23)25(18(17)2)26-22(32)13-20-28(27(26)35)38-30(43-16-31-5-3-8-42(31)9-4-6-31)39-29(20)41-10-7-36-19(15-41)12-24(33)34/h11-14,19,36H,3-10,15-16H2,1-2H3,(H,37,40). The Morgan fingerprint density at radius 2 is 1.86 bits per heavy atom. The van der Waals surface area contributed by atoms with Crippen LogP contribution in [0, 0.1) is 25.5 Å². The van der Waals surface area contributed by atoms with Gasteiger partial charge in [-0.15, -0.1) is 0 Å². The summed E-state index contributed by atoms with van der Waals surface area (Å²) in [7, 11) is 0. The zero-order valence-corrected chi connectivity index (χ0v) is 24.1. The first-order valence-corrected chi connectivity index (χ1v) is 14.8. The topological polar surface area (TPSA) is 82.2 Å². The van der Waals surface area contributed by atoms with E-state index in [1.807, 2.05) is 19.9 Å². The summed E-state index contributed by atoms with van der Waals surface area (Å²) in [4.78, 5) is 13.4. The summed E-state index contributed by atoms with van der Waals surface area (Å²) in [6.45, 7) is 7.03. The third-order valence-electron chi connectivity index (χ3n) is 9.47. The molecule has 43 heavy (non-hydrogen) atoms. The molecule has 0 saturated carbocycles. The molecule has 5 heterocycles. The molecule has 226 valence electrons. The molecule has 3 aliphatic rings. The zero-order chi connectivity index (χ0) is 29.9. The average Bonchev–Trinajstić information content (AvgIpc) is 3.70. The van der Waals surface area contributed by atoms with E-state index < -0.39 is 23.8 Å². The number of rotatable bonds is 6. The number of H-pyrrole nitrogens is 1. The smallest absolute Gasteiger partial charge is 0.319 e. The van der Waals surface area contributed by atoms with Gasteiger partial charge in [-0.1, -0.05) is 0 Å². The summed E-state index contributed by atoms with van der Waals surface area (Å²) in [5.74, 6) is -1.35. The number of hydrogen-bond donors (Lipinski definition) is 2. The zero-order valence-electron chi connectivity index (χ0n) is 24.1. The summed E-state index contributed by atoms with van der Waals surface area (Å²) < 4.78 is 65.3. The van der Waals surface area contributed by atoms with Gasteiger partial charge in [0.15, 0.2) is 5.82 Å². The summed E-state index contributed by atoms with van der Waals surface area (Å²) in [5.41, 5.74) is 2.27. The van der Waals surface area contributed by atoms with Crippen molar-refractivity contribution in [1.29, 1.82) is 0 Å². The molecule has 0 radical (unpaired) electrons. The Labute approximate surface area is 246 Å². The summed E-state index contributed by atoms with van der Waals surface area (Å²) >= 11 is 0. The van der Waals surface area contributed by atoms with Crippen LogP contribution in [0.4, 0.5) is 23.4 Å². The number of hydrogen-bond acceptors (Lipinski definition) is 7. The maximum Gasteiger partial charge on any atom is 0.319 e. The minimum absolute atomic E-state index is 0.0104. The van der Waals surface area contributed by atoms with Gasteiger partial charge < -0.3 is 15.0 Å². The van der Waals surface area contributed by atoms with Crippen molar-refractivity contribution in [1.82, 2.24) is 30.4 Å². The lowest BCUT2D eigenvalue weighted by molar-refractivity contribution is 0.108. The fourth-order valence-corrected chi connectivity index (χ4v) is 7.24. The number of piperazine rings is 1. The maximum atomic E-state index is 16.7. The molecule has 4 aromatic rings. The van der Waals surface area contributed by atoms with Crippen LogP contribution in [0.15, 0.2) is 30.5 Å². The van der Waals surface area contributed by atoms with Crippen LogP contribution >= 0.6 is 0 Å². The van der Waals surface area contributed by atoms with Crippen LogP contribution in [0.2, 0.25) is 0 Å². The molecule has 1 unspecified atom stereocenters. The molecule has 0 bridgehead atoms. The molecular formula is C31H33F4N7O. The molecule has 3 aliphatic heterocycles. The second-order valence-corrected chi connectivity index (χ2v) is 12.0. The minimum Gasteiger partial charge on any atom is -0.461 e. The van der Waals surface area contributed by atoms with Gasteiger partial charge in [-0.25, -0.2) is 8.78 Å². The van der Waals surface area contributed by atoms with Gasteiger partial charge in [0.05, 0.1) is 22.8 Å². The quantitative estimate of drug-likeness (QED) is 0.280. The number of anilines is 1. The highest BCUT2D eigenvalue weighted by Crippen LogP contribution is 2.42. The van der Waals surface area contributed by atoms with Gasteiger partial charge in [0.25, 0.3) is 6.08 Å². The molecule has 0 amide bonds. The Balaban J connectivity index is 1.38. The number of aromatic amines is 1. The molecule has 12 heteroatoms. The van der Waals surface area contributed by atoms with Crippen molar-refractivity contribution >= 4 is 27.6 Å². The lowest BCUT2D eigenvalue weighted by atomic mass is 9.92. The molecule has 2 N–H and O–H groups in total. The number of halogens is 4. The molecule has 3 fully saturated rings. The first-order chi connectivity index (χ1) is 20.7. The third-order valence-corrected chi connectivity index (χ3v) is 9.47. The van der Waals surface area contributed by atoms with E-state index in [1.165, 1.54) is 6.07 Å². The lowest BCUT2D eigenvalue weighted by Gasteiger charge is -2.34. The van der Waals surface area contributed by atoms with Crippen molar-refractivity contribution in [2.45, 2.75) is 51.1 Å². The van der Waals surface area contributed by atoms with E-state index >= 15 is 8.78 Å². The summed E-state index contributed by atoms with van der Waals surface area (Å²) in [5, 5.41) is 10.8. The van der Waals surface area contributed by atoms with Crippen LogP contribution in [0.1, 0.15) is 36.8 Å². The van der Waals surface area contributed by atoms with Crippen molar-refractivity contribution in [3.05, 3.63) is 53.2 Å². The van der Waals surface area contributed by atoms with Crippen molar-refractivity contribution < 1.29 is 22.3 Å². The predicted octanol–water partition coefficient (Wildman–Crippen LogP) is 5.63. The van der Waals surface area contributed by atoms with Crippen LogP contribution in [0.25, 0.3) is 32.9 Å². The van der Waals surface area contributed by atoms with Crippen LogP contribution in [0.3, 0.4) is 0 Å². The summed E-state index contributed by atoms with van der Waals surface area (Å²) in [6.07, 6.45) is 4.79. The number of benzene rings is 2. The highest BCUT2D eigenvalue weighted by molar-refractivity contribution is 6.01. The van der Waals surface area contributed by atoms with Gasteiger partial charge in [-0.3, -0.25) is 10.00 Å². The predicted molar refractivity (Wildman–Crippen MR) is 157 cm³/mol. The minimum atomic E-state index is -1.80. The Hall–Kier alpha value is -3.77. The second kappa shape index (κ2) is 10.7. The van der Waals surface area contributed by atoms with Crippen molar-refractivity contribution in [2.24, 2.45) is 0 Å². The third kappa shape index (κ3) is 4.80. The molecule has 7 rings (SSSR count). The SMILES string of the molecule is Cc1cc2[nH]ncc2c(-c2c(F)cc3c(N4CCNC(C=C(F)F)C4)nc(OCC45CCCN4CCC5)nc3c2F)c1C. The number of fused-ring (bicyclic) bond motifs is 3. The van der Waals surface area contributed by atoms with Crippen molar-refractivity contribution in [2.75, 3.05) is 44.2 Å². The Bertz CT molecular complexity index is 1740. The second-order valence-electron chi connectivity index (χ2n) is 12.0. The van der Waals surface area contributed by atoms with Gasteiger partial charge in [-0.05, 0) is 82.0 Å². The van der Waals surface area contributed by atoms with Gasteiger partial charge in [0, 0.05) is 42.0 Å². The largest absolute Gasteiger partial charge is 0.461 e. The molecule has 2 aromatic heterocycles. The van der Waals surface area contributed by atoms with Crippen molar-refractivity contribution in [3.8, 4) is 17.1 Å². The fraction of sp³-hybridized carbons (Fsp3) is 0.452. The van der Waals surface area contributed by atoms with E-state index in [4.69, 9.17) is 4.74 Å². The molecule has 1 atom stereocenters. The van der Waals surface area contributed by atoms with E-state index in [2.05, 4.69) is 30.4 Å². The van der Waals surface area contributed by atoms with Gasteiger partial charge >= 0.3 is 6.01 Å². The van der Waals surface area contributed by atoms with Crippen LogP contribution in [-0.2, 0) is 0 Å². The van der Waals surface area contributed by atoms with Gasteiger partial charge in [0.2, 0.25) is 0 Å². The van der Waals surface area contributed by atoms with E-state index in [1.54, 1.807) is 11.1 Å². The Kier molecular flexibility index (Phi) is 7.00. The van der Waals surface area contributed by atoms with E-state index in [9.17, 15) is 8.78 Å². The monoisotopic (exact) mass is 595 g/mol. The highest BCUT2D eigenvalue weighted by Gasteiger charge is 2.45. The molecule has 3 saturated heterocycles. The van der Waals surface area contributed by atoms with E-state index in [0.29, 0.717) is 36.2 Å². The highest BCUT2D eigenvalue weighted by atomic mass is 19.3. The molecular weight excluding hydrogens is 562 g/mol. The summed E-state index contributed by atoms with van der Waals surface area (Å²) in [6, 6.07) is 2.48. The first kappa shape index (κ1) is 28.0. The van der Waals surface area contributed by atoms with E-state index in [-0.39, 0.29) is 40.4 Å². The average molecular weight is 596 g/mol.